The summed E-state index contributed by atoms with van der Waals surface area (Å²) in [6.07, 6.45) is -0.794. The number of carbonyl (C=O) groups is 1. The summed E-state index contributed by atoms with van der Waals surface area (Å²) in [4.78, 5) is 21.3. The number of nitro benzene ring substituents is 1. The molecule has 0 saturated heterocycles. The highest BCUT2D eigenvalue weighted by Crippen LogP contribution is 2.20. The van der Waals surface area contributed by atoms with Crippen LogP contribution in [0.5, 0.6) is 5.75 Å². The number of non-ortho nitro benzene ring substituents is 1. The number of hydrogen-bond donors (Lipinski definition) is 0. The van der Waals surface area contributed by atoms with Crippen LogP contribution in [0, 0.1) is 10.1 Å². The van der Waals surface area contributed by atoms with Crippen molar-refractivity contribution in [1.82, 2.24) is 0 Å². The van der Waals surface area contributed by atoms with Gasteiger partial charge in [0.1, 0.15) is 5.75 Å². The van der Waals surface area contributed by atoms with Crippen LogP contribution in [0.3, 0.4) is 0 Å². The molecule has 0 saturated carbocycles. The van der Waals surface area contributed by atoms with Crippen LogP contribution in [0.2, 0.25) is 0 Å². The number of nitrogens with zero attached hydrogens (tertiary/aromatic N) is 1. The van der Waals surface area contributed by atoms with Gasteiger partial charge in [-0.1, -0.05) is 6.07 Å². The van der Waals surface area contributed by atoms with Gasteiger partial charge in [0, 0.05) is 6.07 Å². The van der Waals surface area contributed by atoms with E-state index in [2.05, 4.69) is 0 Å². The first-order chi connectivity index (χ1) is 8.04. The monoisotopic (exact) mass is 239 g/mol. The molecule has 0 spiro atoms. The molecular weight excluding hydrogens is 226 g/mol. The standard InChI is InChI=1S/C11H13NO5/c1-3-16-11(13)8(2)17-10-6-4-5-9(7-10)12(14)15/h4-8H,3H2,1-2H3/t8-/m1/s1. The summed E-state index contributed by atoms with van der Waals surface area (Å²) >= 11 is 0. The minimum atomic E-state index is -0.794. The van der Waals surface area contributed by atoms with Crippen LogP contribution >= 0.6 is 0 Å². The molecule has 0 aliphatic heterocycles. The lowest BCUT2D eigenvalue weighted by Crippen LogP contribution is -2.26. The average Bonchev–Trinajstić information content (AvgIpc) is 2.29. The van der Waals surface area contributed by atoms with Gasteiger partial charge in [-0.3, -0.25) is 10.1 Å². The van der Waals surface area contributed by atoms with Gasteiger partial charge in [-0.05, 0) is 19.9 Å². The second-order valence-corrected chi connectivity index (χ2v) is 3.27. The van der Waals surface area contributed by atoms with Gasteiger partial charge in [-0.25, -0.2) is 4.79 Å². The van der Waals surface area contributed by atoms with E-state index in [9.17, 15) is 14.9 Å². The molecule has 17 heavy (non-hydrogen) atoms. The molecule has 92 valence electrons. The summed E-state index contributed by atoms with van der Waals surface area (Å²) in [5.74, 6) is -0.237. The van der Waals surface area contributed by atoms with E-state index >= 15 is 0 Å². The highest BCUT2D eigenvalue weighted by molar-refractivity contribution is 5.74. The predicted molar refractivity (Wildman–Crippen MR) is 59.8 cm³/mol. The number of ether oxygens (including phenoxy) is 2. The SMILES string of the molecule is CCOC(=O)[C@@H](C)Oc1cccc([N+](=O)[O-])c1. The van der Waals surface area contributed by atoms with Crippen molar-refractivity contribution in [1.29, 1.82) is 0 Å². The molecule has 0 N–H and O–H groups in total. The summed E-state index contributed by atoms with van der Waals surface area (Å²) in [7, 11) is 0. The Morgan fingerprint density at radius 3 is 2.82 bits per heavy atom. The molecule has 0 heterocycles. The van der Waals surface area contributed by atoms with Gasteiger partial charge < -0.3 is 9.47 Å². The predicted octanol–water partition coefficient (Wildman–Crippen LogP) is 1.93. The first-order valence-electron chi connectivity index (χ1n) is 5.12. The zero-order valence-electron chi connectivity index (χ0n) is 9.58. The van der Waals surface area contributed by atoms with Crippen LogP contribution in [0.4, 0.5) is 5.69 Å². The van der Waals surface area contributed by atoms with Crippen LogP contribution in [-0.2, 0) is 9.53 Å². The van der Waals surface area contributed by atoms with Gasteiger partial charge in [-0.2, -0.15) is 0 Å². The third-order valence-electron chi connectivity index (χ3n) is 1.96. The fourth-order valence-electron chi connectivity index (χ4n) is 1.18. The Kier molecular flexibility index (Phi) is 4.45. The van der Waals surface area contributed by atoms with E-state index in [4.69, 9.17) is 9.47 Å². The summed E-state index contributed by atoms with van der Waals surface area (Å²) in [6, 6.07) is 5.64. The smallest absolute Gasteiger partial charge is 0.347 e. The van der Waals surface area contributed by atoms with E-state index in [1.165, 1.54) is 25.1 Å². The van der Waals surface area contributed by atoms with Crippen LogP contribution in [0.15, 0.2) is 24.3 Å². The molecular formula is C11H13NO5. The van der Waals surface area contributed by atoms with E-state index in [-0.39, 0.29) is 18.0 Å². The second-order valence-electron chi connectivity index (χ2n) is 3.27. The topological polar surface area (TPSA) is 78.7 Å². The third kappa shape index (κ3) is 3.75. The van der Waals surface area contributed by atoms with Crippen molar-refractivity contribution < 1.29 is 19.2 Å². The van der Waals surface area contributed by atoms with Gasteiger partial charge in [0.25, 0.3) is 5.69 Å². The minimum absolute atomic E-state index is 0.0847. The number of benzene rings is 1. The fraction of sp³-hybridized carbons (Fsp3) is 0.364. The van der Waals surface area contributed by atoms with Crippen LogP contribution in [-0.4, -0.2) is 23.6 Å². The number of rotatable bonds is 5. The molecule has 1 aromatic rings. The maximum Gasteiger partial charge on any atom is 0.347 e. The number of nitro groups is 1. The molecule has 0 aliphatic rings. The number of carbonyl (C=O) groups excluding carboxylic acids is 1. The Morgan fingerprint density at radius 1 is 1.53 bits per heavy atom. The van der Waals surface area contributed by atoms with E-state index in [0.29, 0.717) is 0 Å². The maximum absolute atomic E-state index is 11.3. The van der Waals surface area contributed by atoms with Gasteiger partial charge in [0.05, 0.1) is 17.6 Å². The van der Waals surface area contributed by atoms with E-state index in [1.54, 1.807) is 13.0 Å². The van der Waals surface area contributed by atoms with E-state index < -0.39 is 17.0 Å². The molecule has 6 heteroatoms. The fourth-order valence-corrected chi connectivity index (χ4v) is 1.18. The highest BCUT2D eigenvalue weighted by Gasteiger charge is 2.16. The Balaban J connectivity index is 2.71. The Bertz CT molecular complexity index is 418. The molecule has 0 fully saturated rings. The molecule has 6 nitrogen and oxygen atoms in total. The van der Waals surface area contributed by atoms with Crippen molar-refractivity contribution in [2.75, 3.05) is 6.61 Å². The molecule has 0 unspecified atom stereocenters. The molecule has 0 bridgehead atoms. The molecule has 0 radical (unpaired) electrons. The lowest BCUT2D eigenvalue weighted by atomic mass is 10.3. The quantitative estimate of drug-likeness (QED) is 0.445. The normalized spacial score (nSPS) is 11.6. The van der Waals surface area contributed by atoms with Gasteiger partial charge in [0.2, 0.25) is 0 Å². The first-order valence-corrected chi connectivity index (χ1v) is 5.12. The maximum atomic E-state index is 11.3. The van der Waals surface area contributed by atoms with Crippen molar-refractivity contribution in [2.45, 2.75) is 20.0 Å². The summed E-state index contributed by atoms with van der Waals surface area (Å²) in [5, 5.41) is 10.5. The molecule has 0 aromatic heterocycles. The third-order valence-corrected chi connectivity index (χ3v) is 1.96. The Hall–Kier alpha value is -2.11. The van der Waals surface area contributed by atoms with Crippen molar-refractivity contribution >= 4 is 11.7 Å². The zero-order valence-corrected chi connectivity index (χ0v) is 9.58. The molecule has 1 aromatic carbocycles. The molecule has 1 rings (SSSR count). The van der Waals surface area contributed by atoms with Crippen LogP contribution < -0.4 is 4.74 Å². The first kappa shape index (κ1) is 13.0. The zero-order chi connectivity index (χ0) is 12.8. The lowest BCUT2D eigenvalue weighted by Gasteiger charge is -2.12. The Labute approximate surface area is 98.3 Å². The Morgan fingerprint density at radius 2 is 2.24 bits per heavy atom. The number of esters is 1. The van der Waals surface area contributed by atoms with Crippen LogP contribution in [0.1, 0.15) is 13.8 Å². The van der Waals surface area contributed by atoms with E-state index in [1.807, 2.05) is 0 Å². The summed E-state index contributed by atoms with van der Waals surface area (Å²) in [6.45, 7) is 3.48. The summed E-state index contributed by atoms with van der Waals surface area (Å²) < 4.78 is 10.00. The number of hydrogen-bond acceptors (Lipinski definition) is 5. The van der Waals surface area contributed by atoms with E-state index in [0.717, 1.165) is 0 Å². The van der Waals surface area contributed by atoms with Crippen molar-refractivity contribution in [3.8, 4) is 5.75 Å². The van der Waals surface area contributed by atoms with Crippen molar-refractivity contribution in [3.05, 3.63) is 34.4 Å². The van der Waals surface area contributed by atoms with Crippen molar-refractivity contribution in [3.63, 3.8) is 0 Å². The lowest BCUT2D eigenvalue weighted by molar-refractivity contribution is -0.384. The summed E-state index contributed by atoms with van der Waals surface area (Å²) in [5.41, 5.74) is -0.0847. The largest absolute Gasteiger partial charge is 0.479 e. The molecule has 1 atom stereocenters. The highest BCUT2D eigenvalue weighted by atomic mass is 16.6. The van der Waals surface area contributed by atoms with Crippen LogP contribution in [0.25, 0.3) is 0 Å². The van der Waals surface area contributed by atoms with Gasteiger partial charge in [-0.15, -0.1) is 0 Å². The molecule has 0 amide bonds. The van der Waals surface area contributed by atoms with Gasteiger partial charge in [0.15, 0.2) is 6.10 Å². The van der Waals surface area contributed by atoms with Crippen molar-refractivity contribution in [2.24, 2.45) is 0 Å². The second kappa shape index (κ2) is 5.83. The minimum Gasteiger partial charge on any atom is -0.479 e. The van der Waals surface area contributed by atoms with Gasteiger partial charge >= 0.3 is 5.97 Å². The average molecular weight is 239 g/mol. The molecule has 0 aliphatic carbocycles.